The largest absolute Gasteiger partial charge is 0.435 e. The Labute approximate surface area is 230 Å². The molecule has 0 radical (unpaired) electrons. The average Bonchev–Trinajstić information content (AvgIpc) is 3.31. The quantitative estimate of drug-likeness (QED) is 0.376. The summed E-state index contributed by atoms with van der Waals surface area (Å²) in [6, 6.07) is 12.0. The lowest BCUT2D eigenvalue weighted by Crippen LogP contribution is -2.47. The van der Waals surface area contributed by atoms with E-state index in [1.807, 2.05) is 18.9 Å². The number of benzene rings is 2. The molecule has 40 heavy (non-hydrogen) atoms. The molecule has 0 unspecified atom stereocenters. The smallest absolute Gasteiger partial charge is 0.263 e. The molecule has 4 aromatic rings. The molecule has 2 saturated heterocycles. The monoisotopic (exact) mass is 543 g/mol. The number of anilines is 2. The van der Waals surface area contributed by atoms with Gasteiger partial charge in [0, 0.05) is 67.1 Å². The number of nitrogens with zero attached hydrogens (tertiary/aromatic N) is 5. The van der Waals surface area contributed by atoms with Crippen molar-refractivity contribution in [3.8, 4) is 11.6 Å². The summed E-state index contributed by atoms with van der Waals surface area (Å²) in [4.78, 5) is 43.7. The Morgan fingerprint density at radius 1 is 0.950 bits per heavy atom. The van der Waals surface area contributed by atoms with Gasteiger partial charge in [0.2, 0.25) is 5.88 Å². The van der Waals surface area contributed by atoms with Crippen LogP contribution in [0.1, 0.15) is 32.8 Å². The Bertz CT molecular complexity index is 1570. The molecule has 0 bridgehead atoms. The van der Waals surface area contributed by atoms with Crippen molar-refractivity contribution >= 4 is 34.2 Å². The van der Waals surface area contributed by atoms with E-state index in [-0.39, 0.29) is 34.8 Å². The lowest BCUT2D eigenvalue weighted by molar-refractivity contribution is 0.0646. The third-order valence-corrected chi connectivity index (χ3v) is 7.40. The van der Waals surface area contributed by atoms with Gasteiger partial charge in [-0.15, -0.1) is 0 Å². The normalized spacial score (nSPS) is 15.7. The van der Waals surface area contributed by atoms with Crippen molar-refractivity contribution in [2.75, 3.05) is 51.6 Å². The minimum Gasteiger partial charge on any atom is -0.435 e. The minimum atomic E-state index is -0.544. The third-order valence-electron chi connectivity index (χ3n) is 7.40. The Balaban J connectivity index is 1.28. The first-order valence-electron chi connectivity index (χ1n) is 13.3. The highest BCUT2D eigenvalue weighted by Gasteiger charge is 2.30. The Morgan fingerprint density at radius 2 is 1.68 bits per heavy atom. The van der Waals surface area contributed by atoms with Gasteiger partial charge in [-0.3, -0.25) is 9.59 Å². The molecule has 11 heteroatoms. The molecular weight excluding hydrogens is 513 g/mol. The van der Waals surface area contributed by atoms with Gasteiger partial charge in [0.15, 0.2) is 17.4 Å². The van der Waals surface area contributed by atoms with Crippen LogP contribution in [-0.4, -0.2) is 87.8 Å². The number of halogens is 1. The van der Waals surface area contributed by atoms with E-state index in [1.54, 1.807) is 41.3 Å². The second kappa shape index (κ2) is 10.6. The fourth-order valence-electron chi connectivity index (χ4n) is 4.91. The van der Waals surface area contributed by atoms with E-state index in [4.69, 9.17) is 4.74 Å². The molecule has 0 saturated carbocycles. The first-order chi connectivity index (χ1) is 19.4. The summed E-state index contributed by atoms with van der Waals surface area (Å²) in [5.74, 6) is -0.702. The molecule has 206 valence electrons. The van der Waals surface area contributed by atoms with Gasteiger partial charge >= 0.3 is 0 Å². The number of aromatic amines is 1. The first-order valence-corrected chi connectivity index (χ1v) is 13.3. The number of H-pyrrole nitrogens is 1. The summed E-state index contributed by atoms with van der Waals surface area (Å²) in [6.07, 6.45) is 2.17. The van der Waals surface area contributed by atoms with Crippen LogP contribution < -0.4 is 10.1 Å². The number of nitrogens with one attached hydrogen (secondary N) is 2. The number of fused-ring (bicyclic) bond motifs is 1. The van der Waals surface area contributed by atoms with Gasteiger partial charge < -0.3 is 29.7 Å². The molecule has 0 aliphatic carbocycles. The van der Waals surface area contributed by atoms with Crippen LogP contribution in [0.3, 0.4) is 0 Å². The number of carbonyl (C=O) groups excluding carboxylic acids is 2. The molecule has 2 fully saturated rings. The van der Waals surface area contributed by atoms with E-state index in [9.17, 15) is 9.59 Å². The Kier molecular flexibility index (Phi) is 6.81. The zero-order valence-electron chi connectivity index (χ0n) is 22.4. The number of amides is 2. The Hall–Kier alpha value is -4.51. The SMILES string of the molecule is Cc1cc2c(F)c(Oc3ncnc(Nc4ccc(C(=O)N5CCN(C)CC5)cc4)c3C(=O)N3CCC3)ccc2[nH]1. The molecule has 4 heterocycles. The van der Waals surface area contributed by atoms with Crippen LogP contribution in [0.4, 0.5) is 15.9 Å². The summed E-state index contributed by atoms with van der Waals surface area (Å²) >= 11 is 0. The number of ether oxygens (including phenoxy) is 1. The fraction of sp³-hybridized carbons (Fsp3) is 0.310. The number of aryl methyl sites for hydroxylation is 1. The summed E-state index contributed by atoms with van der Waals surface area (Å²) < 4.78 is 21.2. The highest BCUT2D eigenvalue weighted by atomic mass is 19.1. The maximum Gasteiger partial charge on any atom is 0.263 e. The number of carbonyl (C=O) groups is 2. The number of piperazine rings is 1. The van der Waals surface area contributed by atoms with Crippen molar-refractivity contribution in [3.05, 3.63) is 71.4 Å². The maximum absolute atomic E-state index is 15.3. The molecule has 2 aromatic carbocycles. The van der Waals surface area contributed by atoms with Crippen molar-refractivity contribution < 1.29 is 18.7 Å². The zero-order valence-corrected chi connectivity index (χ0v) is 22.4. The van der Waals surface area contributed by atoms with Crippen LogP contribution in [0.2, 0.25) is 0 Å². The minimum absolute atomic E-state index is 0.0114. The summed E-state index contributed by atoms with van der Waals surface area (Å²) in [5.41, 5.74) is 2.81. The van der Waals surface area contributed by atoms with Gasteiger partial charge in [0.25, 0.3) is 11.8 Å². The molecule has 0 atom stereocenters. The van der Waals surface area contributed by atoms with Gasteiger partial charge in [-0.25, -0.2) is 14.4 Å². The lowest BCUT2D eigenvalue weighted by Gasteiger charge is -2.32. The summed E-state index contributed by atoms with van der Waals surface area (Å²) in [7, 11) is 2.05. The number of hydrogen-bond acceptors (Lipinski definition) is 7. The third kappa shape index (κ3) is 4.95. The molecule has 2 amide bonds. The highest BCUT2D eigenvalue weighted by Crippen LogP contribution is 2.34. The molecular formula is C29H30FN7O3. The molecule has 0 spiro atoms. The standard InChI is InChI=1S/C29H30FN7O3/c1-18-16-21-22(33-18)8-9-23(25(21)30)40-27-24(29(39)36-10-3-11-36)26(31-17-32-27)34-20-6-4-19(5-7-20)28(38)37-14-12-35(2)13-15-37/h4-9,16-17,33H,3,10-15H2,1-2H3,(H,31,32,34). The average molecular weight is 544 g/mol. The van der Waals surface area contributed by atoms with Crippen LogP contribution in [-0.2, 0) is 0 Å². The van der Waals surface area contributed by atoms with E-state index in [0.717, 1.165) is 25.2 Å². The van der Waals surface area contributed by atoms with Crippen molar-refractivity contribution in [1.29, 1.82) is 0 Å². The van der Waals surface area contributed by atoms with Crippen LogP contribution in [0, 0.1) is 12.7 Å². The van der Waals surface area contributed by atoms with E-state index < -0.39 is 5.82 Å². The molecule has 2 aliphatic heterocycles. The second-order valence-corrected chi connectivity index (χ2v) is 10.2. The van der Waals surface area contributed by atoms with Gasteiger partial charge in [0.05, 0.1) is 0 Å². The summed E-state index contributed by atoms with van der Waals surface area (Å²) in [6.45, 7) is 6.15. The number of likely N-dealkylation sites (N-methyl/N-ethyl adjacent to an activating group) is 1. The maximum atomic E-state index is 15.3. The van der Waals surface area contributed by atoms with Gasteiger partial charge in [0.1, 0.15) is 11.9 Å². The second-order valence-electron chi connectivity index (χ2n) is 10.2. The fourth-order valence-corrected chi connectivity index (χ4v) is 4.91. The number of aromatic nitrogens is 3. The molecule has 2 N–H and O–H groups in total. The van der Waals surface area contributed by atoms with Crippen LogP contribution >= 0.6 is 0 Å². The predicted octanol–water partition coefficient (Wildman–Crippen LogP) is 4.17. The predicted molar refractivity (Wildman–Crippen MR) is 149 cm³/mol. The first kappa shape index (κ1) is 25.8. The molecule has 10 nitrogen and oxygen atoms in total. The van der Waals surface area contributed by atoms with Crippen molar-refractivity contribution in [1.82, 2.24) is 29.7 Å². The highest BCUT2D eigenvalue weighted by molar-refractivity contribution is 6.02. The van der Waals surface area contributed by atoms with Gasteiger partial charge in [-0.05, 0) is 62.9 Å². The Morgan fingerprint density at radius 3 is 2.38 bits per heavy atom. The van der Waals surface area contributed by atoms with Gasteiger partial charge in [-0.2, -0.15) is 0 Å². The van der Waals surface area contributed by atoms with E-state index in [0.29, 0.717) is 48.3 Å². The van der Waals surface area contributed by atoms with E-state index in [1.165, 1.54) is 12.4 Å². The zero-order chi connectivity index (χ0) is 27.8. The lowest BCUT2D eigenvalue weighted by atomic mass is 10.1. The van der Waals surface area contributed by atoms with Crippen molar-refractivity contribution in [2.45, 2.75) is 13.3 Å². The van der Waals surface area contributed by atoms with Crippen LogP contribution in [0.15, 0.2) is 48.8 Å². The van der Waals surface area contributed by atoms with Gasteiger partial charge in [-0.1, -0.05) is 0 Å². The number of rotatable bonds is 6. The van der Waals surface area contributed by atoms with Crippen molar-refractivity contribution in [3.63, 3.8) is 0 Å². The van der Waals surface area contributed by atoms with Crippen LogP contribution in [0.25, 0.3) is 10.9 Å². The topological polar surface area (TPSA) is 107 Å². The molecule has 2 aromatic heterocycles. The van der Waals surface area contributed by atoms with Crippen molar-refractivity contribution in [2.24, 2.45) is 0 Å². The van der Waals surface area contributed by atoms with E-state index >= 15 is 4.39 Å². The number of hydrogen-bond donors (Lipinski definition) is 2. The number of likely N-dealkylation sites (tertiary alicyclic amines) is 1. The van der Waals surface area contributed by atoms with Crippen LogP contribution in [0.5, 0.6) is 11.6 Å². The van der Waals surface area contributed by atoms with E-state index in [2.05, 4.69) is 25.2 Å². The molecule has 6 rings (SSSR count). The summed E-state index contributed by atoms with van der Waals surface area (Å²) in [5, 5.41) is 3.57. The molecule has 2 aliphatic rings.